The Labute approximate surface area is 81.9 Å². The van der Waals surface area contributed by atoms with Gasteiger partial charge in [-0.15, -0.1) is 0 Å². The number of methoxy groups -OCH3 is 1. The van der Waals surface area contributed by atoms with Gasteiger partial charge in [-0.2, -0.15) is 0 Å². The van der Waals surface area contributed by atoms with Crippen LogP contribution >= 0.6 is 0 Å². The van der Waals surface area contributed by atoms with E-state index in [4.69, 9.17) is 0 Å². The van der Waals surface area contributed by atoms with Crippen molar-refractivity contribution in [1.82, 2.24) is 4.98 Å². The second kappa shape index (κ2) is 4.69. The number of carbonyl (C=O) groups is 1. The van der Waals surface area contributed by atoms with Crippen LogP contribution in [0.2, 0.25) is 0 Å². The summed E-state index contributed by atoms with van der Waals surface area (Å²) >= 11 is 0. The van der Waals surface area contributed by atoms with Gasteiger partial charge in [-0.05, 0) is 12.5 Å². The number of pyridine rings is 1. The highest BCUT2D eigenvalue weighted by atomic mass is 19.1. The van der Waals surface area contributed by atoms with E-state index in [0.29, 0.717) is 12.0 Å². The molecule has 0 aliphatic carbocycles. The minimum absolute atomic E-state index is 0.342. The number of esters is 1. The molecule has 0 saturated carbocycles. The maximum Gasteiger partial charge on any atom is 0.313 e. The molecule has 0 saturated heterocycles. The molecule has 1 aromatic heterocycles. The van der Waals surface area contributed by atoms with E-state index in [1.54, 1.807) is 6.92 Å². The van der Waals surface area contributed by atoms with Crippen molar-refractivity contribution in [2.45, 2.75) is 19.3 Å². The lowest BCUT2D eigenvalue weighted by atomic mass is 9.97. The molecule has 4 heteroatoms. The van der Waals surface area contributed by atoms with Crippen LogP contribution in [0.3, 0.4) is 0 Å². The summed E-state index contributed by atoms with van der Waals surface area (Å²) < 4.78 is 17.8. The van der Waals surface area contributed by atoms with Crippen LogP contribution in [0.25, 0.3) is 0 Å². The lowest BCUT2D eigenvalue weighted by Gasteiger charge is -2.12. The van der Waals surface area contributed by atoms with Gasteiger partial charge in [0.1, 0.15) is 5.82 Å². The van der Waals surface area contributed by atoms with Crippen LogP contribution in [0.1, 0.15) is 24.8 Å². The molecular formula is C10H12FNO2. The lowest BCUT2D eigenvalue weighted by Crippen LogP contribution is -2.14. The normalized spacial score (nSPS) is 12.2. The first-order chi connectivity index (χ1) is 6.70. The number of carbonyl (C=O) groups excluding carboxylic acids is 1. The van der Waals surface area contributed by atoms with E-state index in [1.807, 2.05) is 0 Å². The number of rotatable bonds is 3. The molecule has 0 bridgehead atoms. The molecule has 1 heterocycles. The third-order valence-corrected chi connectivity index (χ3v) is 2.07. The molecular weight excluding hydrogens is 185 g/mol. The van der Waals surface area contributed by atoms with Crippen LogP contribution in [0.15, 0.2) is 18.5 Å². The molecule has 0 spiro atoms. The van der Waals surface area contributed by atoms with E-state index in [-0.39, 0.29) is 0 Å². The fourth-order valence-corrected chi connectivity index (χ4v) is 1.32. The Morgan fingerprint density at radius 3 is 2.93 bits per heavy atom. The van der Waals surface area contributed by atoms with E-state index < -0.39 is 17.7 Å². The first-order valence-corrected chi connectivity index (χ1v) is 4.38. The summed E-state index contributed by atoms with van der Waals surface area (Å²) in [7, 11) is 1.30. The Balaban J connectivity index is 3.01. The standard InChI is InChI=1S/C10H12FNO2/c1-3-7(10(13)14-2)8-4-5-12-6-9(8)11/h4-7H,3H2,1-2H3. The number of hydrogen-bond donors (Lipinski definition) is 0. The molecule has 1 rings (SSSR count). The summed E-state index contributed by atoms with van der Waals surface area (Å²) in [6.07, 6.45) is 3.07. The molecule has 76 valence electrons. The summed E-state index contributed by atoms with van der Waals surface area (Å²) in [6, 6.07) is 1.50. The summed E-state index contributed by atoms with van der Waals surface area (Å²) in [4.78, 5) is 14.9. The molecule has 0 aromatic carbocycles. The third kappa shape index (κ3) is 2.07. The van der Waals surface area contributed by atoms with Crippen LogP contribution in [0.5, 0.6) is 0 Å². The lowest BCUT2D eigenvalue weighted by molar-refractivity contribution is -0.142. The number of ether oxygens (including phenoxy) is 1. The van der Waals surface area contributed by atoms with Gasteiger partial charge in [0.05, 0.1) is 19.2 Å². The zero-order valence-electron chi connectivity index (χ0n) is 8.16. The quantitative estimate of drug-likeness (QED) is 0.694. The molecule has 0 fully saturated rings. The predicted molar refractivity (Wildman–Crippen MR) is 49.2 cm³/mol. The van der Waals surface area contributed by atoms with Crippen molar-refractivity contribution in [3.05, 3.63) is 29.8 Å². The average Bonchev–Trinajstić information content (AvgIpc) is 2.21. The number of hydrogen-bond acceptors (Lipinski definition) is 3. The van der Waals surface area contributed by atoms with E-state index in [1.165, 1.54) is 19.4 Å². The fourth-order valence-electron chi connectivity index (χ4n) is 1.32. The largest absolute Gasteiger partial charge is 0.469 e. The average molecular weight is 197 g/mol. The Hall–Kier alpha value is -1.45. The molecule has 14 heavy (non-hydrogen) atoms. The van der Waals surface area contributed by atoms with Crippen molar-refractivity contribution in [3.8, 4) is 0 Å². The van der Waals surface area contributed by atoms with Crippen molar-refractivity contribution in [3.63, 3.8) is 0 Å². The highest BCUT2D eigenvalue weighted by Gasteiger charge is 2.22. The van der Waals surface area contributed by atoms with Crippen LogP contribution < -0.4 is 0 Å². The minimum atomic E-state index is -0.539. The van der Waals surface area contributed by atoms with Crippen molar-refractivity contribution in [2.24, 2.45) is 0 Å². The molecule has 0 amide bonds. The van der Waals surface area contributed by atoms with E-state index in [2.05, 4.69) is 9.72 Å². The first kappa shape index (κ1) is 10.6. The van der Waals surface area contributed by atoms with Crippen LogP contribution in [-0.2, 0) is 9.53 Å². The Morgan fingerprint density at radius 2 is 2.43 bits per heavy atom. The van der Waals surface area contributed by atoms with Crippen molar-refractivity contribution in [1.29, 1.82) is 0 Å². The number of halogens is 1. The molecule has 0 aliphatic rings. The molecule has 3 nitrogen and oxygen atoms in total. The van der Waals surface area contributed by atoms with E-state index in [0.717, 1.165) is 6.20 Å². The molecule has 1 atom stereocenters. The van der Waals surface area contributed by atoms with Crippen LogP contribution in [0, 0.1) is 5.82 Å². The molecule has 1 unspecified atom stereocenters. The van der Waals surface area contributed by atoms with Gasteiger partial charge in [0.15, 0.2) is 0 Å². The molecule has 0 N–H and O–H groups in total. The predicted octanol–water partition coefficient (Wildman–Crippen LogP) is 1.89. The van der Waals surface area contributed by atoms with Gasteiger partial charge in [-0.1, -0.05) is 6.92 Å². The second-order valence-electron chi connectivity index (χ2n) is 2.88. The van der Waals surface area contributed by atoms with Gasteiger partial charge in [-0.3, -0.25) is 9.78 Å². The Morgan fingerprint density at radius 1 is 1.71 bits per heavy atom. The summed E-state index contributed by atoms with van der Waals surface area (Å²) in [5.41, 5.74) is 0.342. The fraction of sp³-hybridized carbons (Fsp3) is 0.400. The third-order valence-electron chi connectivity index (χ3n) is 2.07. The molecule has 0 aliphatic heterocycles. The SMILES string of the molecule is CCC(C(=O)OC)c1ccncc1F. The van der Waals surface area contributed by atoms with Gasteiger partial charge in [0.2, 0.25) is 0 Å². The van der Waals surface area contributed by atoms with E-state index >= 15 is 0 Å². The first-order valence-electron chi connectivity index (χ1n) is 4.38. The smallest absolute Gasteiger partial charge is 0.313 e. The highest BCUT2D eigenvalue weighted by Crippen LogP contribution is 2.22. The van der Waals surface area contributed by atoms with Gasteiger partial charge in [0.25, 0.3) is 0 Å². The van der Waals surface area contributed by atoms with E-state index in [9.17, 15) is 9.18 Å². The zero-order valence-corrected chi connectivity index (χ0v) is 8.16. The molecule has 0 radical (unpaired) electrons. The molecule has 1 aromatic rings. The number of nitrogens with zero attached hydrogens (tertiary/aromatic N) is 1. The summed E-state index contributed by atoms with van der Waals surface area (Å²) in [6.45, 7) is 1.81. The van der Waals surface area contributed by atoms with Crippen molar-refractivity contribution < 1.29 is 13.9 Å². The number of aromatic nitrogens is 1. The Bertz CT molecular complexity index is 328. The summed E-state index contributed by atoms with van der Waals surface area (Å²) in [5.74, 6) is -1.43. The van der Waals surface area contributed by atoms with Gasteiger partial charge in [0, 0.05) is 11.8 Å². The second-order valence-corrected chi connectivity index (χ2v) is 2.88. The monoisotopic (exact) mass is 197 g/mol. The van der Waals surface area contributed by atoms with Gasteiger partial charge >= 0.3 is 5.97 Å². The van der Waals surface area contributed by atoms with Crippen molar-refractivity contribution in [2.75, 3.05) is 7.11 Å². The maximum absolute atomic E-state index is 13.3. The topological polar surface area (TPSA) is 39.2 Å². The highest BCUT2D eigenvalue weighted by molar-refractivity contribution is 5.77. The minimum Gasteiger partial charge on any atom is -0.469 e. The van der Waals surface area contributed by atoms with Crippen LogP contribution in [0.4, 0.5) is 4.39 Å². The summed E-state index contributed by atoms with van der Waals surface area (Å²) in [5, 5.41) is 0. The van der Waals surface area contributed by atoms with Gasteiger partial charge < -0.3 is 4.74 Å². The van der Waals surface area contributed by atoms with Gasteiger partial charge in [-0.25, -0.2) is 4.39 Å². The maximum atomic E-state index is 13.3. The van der Waals surface area contributed by atoms with Crippen molar-refractivity contribution >= 4 is 5.97 Å². The zero-order chi connectivity index (χ0) is 10.6. The van der Waals surface area contributed by atoms with Crippen LogP contribution in [-0.4, -0.2) is 18.1 Å². The Kier molecular flexibility index (Phi) is 3.56.